The summed E-state index contributed by atoms with van der Waals surface area (Å²) in [6.07, 6.45) is 12.1. The van der Waals surface area contributed by atoms with E-state index in [0.717, 1.165) is 25.6 Å². The smallest absolute Gasteiger partial charge is 0.0946 e. The van der Waals surface area contributed by atoms with Crippen molar-refractivity contribution < 1.29 is 0 Å². The molecule has 5 heteroatoms. The van der Waals surface area contributed by atoms with Crippen LogP contribution < -0.4 is 0 Å². The van der Waals surface area contributed by atoms with Gasteiger partial charge < -0.3 is 9.55 Å². The van der Waals surface area contributed by atoms with Crippen molar-refractivity contribution in [2.45, 2.75) is 25.9 Å². The van der Waals surface area contributed by atoms with Crippen LogP contribution in [0, 0.1) is 5.92 Å². The third-order valence-corrected chi connectivity index (χ3v) is 3.58. The van der Waals surface area contributed by atoms with Gasteiger partial charge in [-0.25, -0.2) is 9.97 Å². The summed E-state index contributed by atoms with van der Waals surface area (Å²) in [6.45, 7) is 4.43. The highest BCUT2D eigenvalue weighted by molar-refractivity contribution is 4.94. The molecule has 96 valence electrons. The third kappa shape index (κ3) is 2.79. The van der Waals surface area contributed by atoms with Gasteiger partial charge in [-0.2, -0.15) is 0 Å². The molecule has 3 heterocycles. The second-order valence-corrected chi connectivity index (χ2v) is 5.08. The van der Waals surface area contributed by atoms with E-state index >= 15 is 0 Å². The van der Waals surface area contributed by atoms with E-state index in [2.05, 4.69) is 24.4 Å². The Morgan fingerprint density at radius 2 is 2.39 bits per heavy atom. The summed E-state index contributed by atoms with van der Waals surface area (Å²) >= 11 is 0. The Bertz CT molecular complexity index is 405. The predicted molar refractivity (Wildman–Crippen MR) is 68.8 cm³/mol. The molecule has 2 aromatic rings. The SMILES string of the molecule is c1cn(C[C@H]2CCCN(Cc3cnc[nH]3)C2)cn1. The summed E-state index contributed by atoms with van der Waals surface area (Å²) in [5.41, 5.74) is 1.21. The van der Waals surface area contributed by atoms with Gasteiger partial charge >= 0.3 is 0 Å². The third-order valence-electron chi connectivity index (χ3n) is 3.58. The van der Waals surface area contributed by atoms with E-state index in [1.165, 1.54) is 25.1 Å². The van der Waals surface area contributed by atoms with E-state index < -0.39 is 0 Å². The van der Waals surface area contributed by atoms with Gasteiger partial charge in [0.2, 0.25) is 0 Å². The van der Waals surface area contributed by atoms with Crippen LogP contribution in [0.2, 0.25) is 0 Å². The molecule has 0 amide bonds. The Kier molecular flexibility index (Phi) is 3.41. The topological polar surface area (TPSA) is 49.7 Å². The highest BCUT2D eigenvalue weighted by Crippen LogP contribution is 2.19. The second kappa shape index (κ2) is 5.35. The number of piperidine rings is 1. The highest BCUT2D eigenvalue weighted by Gasteiger charge is 2.20. The van der Waals surface area contributed by atoms with Crippen LogP contribution in [0.3, 0.4) is 0 Å². The lowest BCUT2D eigenvalue weighted by Crippen LogP contribution is -2.36. The van der Waals surface area contributed by atoms with Gasteiger partial charge in [0.25, 0.3) is 0 Å². The molecule has 1 atom stereocenters. The van der Waals surface area contributed by atoms with Crippen LogP contribution in [-0.2, 0) is 13.1 Å². The van der Waals surface area contributed by atoms with Gasteiger partial charge in [0.15, 0.2) is 0 Å². The number of likely N-dealkylation sites (tertiary alicyclic amines) is 1. The molecule has 3 rings (SSSR count). The average Bonchev–Trinajstić information content (AvgIpc) is 3.03. The minimum Gasteiger partial charge on any atom is -0.347 e. The number of aromatic amines is 1. The minimum absolute atomic E-state index is 0.732. The zero-order chi connectivity index (χ0) is 12.2. The number of hydrogen-bond acceptors (Lipinski definition) is 3. The van der Waals surface area contributed by atoms with E-state index in [0.29, 0.717) is 0 Å². The maximum Gasteiger partial charge on any atom is 0.0946 e. The Hall–Kier alpha value is -1.62. The van der Waals surface area contributed by atoms with Gasteiger partial charge in [0.05, 0.1) is 12.7 Å². The minimum atomic E-state index is 0.732. The predicted octanol–water partition coefficient (Wildman–Crippen LogP) is 1.52. The van der Waals surface area contributed by atoms with E-state index in [1.54, 1.807) is 6.33 Å². The molecule has 1 N–H and O–H groups in total. The van der Waals surface area contributed by atoms with E-state index in [1.807, 2.05) is 24.9 Å². The van der Waals surface area contributed by atoms with Crippen molar-refractivity contribution in [2.75, 3.05) is 13.1 Å². The van der Waals surface area contributed by atoms with E-state index in [9.17, 15) is 0 Å². The van der Waals surface area contributed by atoms with Crippen LogP contribution in [-0.4, -0.2) is 37.5 Å². The lowest BCUT2D eigenvalue weighted by Gasteiger charge is -2.32. The van der Waals surface area contributed by atoms with Crippen LogP contribution >= 0.6 is 0 Å². The first-order chi connectivity index (χ1) is 8.90. The maximum absolute atomic E-state index is 4.10. The average molecular weight is 245 g/mol. The van der Waals surface area contributed by atoms with Gasteiger partial charge in [-0.05, 0) is 25.3 Å². The summed E-state index contributed by atoms with van der Waals surface area (Å²) in [5.74, 6) is 0.732. The molecule has 2 aromatic heterocycles. The number of nitrogens with one attached hydrogen (secondary N) is 1. The number of rotatable bonds is 4. The molecule has 0 aromatic carbocycles. The van der Waals surface area contributed by atoms with Gasteiger partial charge in [-0.3, -0.25) is 4.90 Å². The first-order valence-corrected chi connectivity index (χ1v) is 6.55. The fraction of sp³-hybridized carbons (Fsp3) is 0.538. The van der Waals surface area contributed by atoms with Crippen molar-refractivity contribution in [1.82, 2.24) is 24.4 Å². The Balaban J connectivity index is 1.55. The Labute approximate surface area is 107 Å². The highest BCUT2D eigenvalue weighted by atomic mass is 15.1. The summed E-state index contributed by atoms with van der Waals surface area (Å²) < 4.78 is 2.18. The first-order valence-electron chi connectivity index (χ1n) is 6.55. The molecule has 1 fully saturated rings. The van der Waals surface area contributed by atoms with Crippen molar-refractivity contribution in [3.63, 3.8) is 0 Å². The van der Waals surface area contributed by atoms with Gasteiger partial charge in [-0.1, -0.05) is 0 Å². The molecule has 0 bridgehead atoms. The molecule has 0 aliphatic carbocycles. The lowest BCUT2D eigenvalue weighted by molar-refractivity contribution is 0.154. The fourth-order valence-corrected chi connectivity index (χ4v) is 2.75. The van der Waals surface area contributed by atoms with Crippen molar-refractivity contribution in [2.24, 2.45) is 5.92 Å². The summed E-state index contributed by atoms with van der Waals surface area (Å²) in [5, 5.41) is 0. The van der Waals surface area contributed by atoms with Crippen LogP contribution in [0.4, 0.5) is 0 Å². The second-order valence-electron chi connectivity index (χ2n) is 5.08. The van der Waals surface area contributed by atoms with Crippen molar-refractivity contribution in [3.8, 4) is 0 Å². The van der Waals surface area contributed by atoms with Crippen molar-refractivity contribution in [3.05, 3.63) is 36.9 Å². The molecular formula is C13H19N5. The van der Waals surface area contributed by atoms with Crippen LogP contribution in [0.1, 0.15) is 18.5 Å². The normalized spacial score (nSPS) is 21.2. The fourth-order valence-electron chi connectivity index (χ4n) is 2.75. The maximum atomic E-state index is 4.10. The molecule has 1 aliphatic rings. The summed E-state index contributed by atoms with van der Waals surface area (Å²) in [7, 11) is 0. The molecule has 0 spiro atoms. The first kappa shape index (κ1) is 11.5. The molecule has 18 heavy (non-hydrogen) atoms. The molecule has 0 unspecified atom stereocenters. The van der Waals surface area contributed by atoms with Gasteiger partial charge in [0.1, 0.15) is 0 Å². The lowest BCUT2D eigenvalue weighted by atomic mass is 9.98. The zero-order valence-corrected chi connectivity index (χ0v) is 10.5. The number of aromatic nitrogens is 4. The summed E-state index contributed by atoms with van der Waals surface area (Å²) in [6, 6.07) is 0. The van der Waals surface area contributed by atoms with Gasteiger partial charge in [-0.15, -0.1) is 0 Å². The Morgan fingerprint density at radius 1 is 1.39 bits per heavy atom. The molecule has 0 radical (unpaired) electrons. The van der Waals surface area contributed by atoms with Crippen LogP contribution in [0.25, 0.3) is 0 Å². The van der Waals surface area contributed by atoms with E-state index in [-0.39, 0.29) is 0 Å². The van der Waals surface area contributed by atoms with Gasteiger partial charge in [0, 0.05) is 43.9 Å². The van der Waals surface area contributed by atoms with Crippen LogP contribution in [0.5, 0.6) is 0 Å². The number of imidazole rings is 2. The van der Waals surface area contributed by atoms with Crippen LogP contribution in [0.15, 0.2) is 31.2 Å². The molecule has 5 nitrogen and oxygen atoms in total. The molecule has 1 aliphatic heterocycles. The molecule has 1 saturated heterocycles. The van der Waals surface area contributed by atoms with E-state index in [4.69, 9.17) is 0 Å². The van der Waals surface area contributed by atoms with Crippen molar-refractivity contribution >= 4 is 0 Å². The molecule has 0 saturated carbocycles. The number of hydrogen-bond donors (Lipinski definition) is 1. The molecular weight excluding hydrogens is 226 g/mol. The number of nitrogens with zero attached hydrogens (tertiary/aromatic N) is 4. The van der Waals surface area contributed by atoms with Crippen molar-refractivity contribution in [1.29, 1.82) is 0 Å². The summed E-state index contributed by atoms with van der Waals surface area (Å²) in [4.78, 5) is 13.9. The number of H-pyrrole nitrogens is 1. The largest absolute Gasteiger partial charge is 0.347 e. The quantitative estimate of drug-likeness (QED) is 0.888. The standard InChI is InChI=1S/C13H19N5/c1-2-12(8-18-5-3-14-11-18)7-17(4-1)9-13-6-15-10-16-13/h3,5-6,10-12H,1-2,4,7-9H2,(H,15,16)/t12-/m0/s1. The Morgan fingerprint density at radius 3 is 3.17 bits per heavy atom. The zero-order valence-electron chi connectivity index (χ0n) is 10.5. The monoisotopic (exact) mass is 245 g/mol.